The van der Waals surface area contributed by atoms with Gasteiger partial charge in [0.2, 0.25) is 0 Å². The van der Waals surface area contributed by atoms with Gasteiger partial charge in [-0.25, -0.2) is 0 Å². The predicted octanol–water partition coefficient (Wildman–Crippen LogP) is 3.11. The summed E-state index contributed by atoms with van der Waals surface area (Å²) in [5.74, 6) is 1.03. The molecular weight excluding hydrogens is 260 g/mol. The van der Waals surface area contributed by atoms with Crippen molar-refractivity contribution in [3.8, 4) is 0 Å². The summed E-state index contributed by atoms with van der Waals surface area (Å²) in [6.07, 6.45) is 3.49. The number of aliphatic hydroxyl groups excluding tert-OH is 1. The van der Waals surface area contributed by atoms with E-state index in [1.807, 2.05) is 24.3 Å². The minimum Gasteiger partial charge on any atom is -0.393 e. The SMILES string of the molecule is CSCCC(O)Cc1ccc(Br)cc1. The summed E-state index contributed by atoms with van der Waals surface area (Å²) in [4.78, 5) is 0. The van der Waals surface area contributed by atoms with E-state index in [9.17, 15) is 5.11 Å². The molecule has 0 saturated heterocycles. The third-order valence-electron chi connectivity index (χ3n) is 2.04. The number of halogens is 1. The molecule has 0 heterocycles. The number of rotatable bonds is 5. The Morgan fingerprint density at radius 1 is 1.36 bits per heavy atom. The highest BCUT2D eigenvalue weighted by molar-refractivity contribution is 9.10. The Labute approximate surface area is 98.0 Å². The van der Waals surface area contributed by atoms with E-state index in [2.05, 4.69) is 22.2 Å². The summed E-state index contributed by atoms with van der Waals surface area (Å²) in [6, 6.07) is 8.12. The molecule has 0 saturated carbocycles. The molecule has 3 heteroatoms. The summed E-state index contributed by atoms with van der Waals surface area (Å²) < 4.78 is 1.08. The van der Waals surface area contributed by atoms with Crippen LogP contribution in [-0.4, -0.2) is 23.2 Å². The van der Waals surface area contributed by atoms with Crippen molar-refractivity contribution in [2.45, 2.75) is 18.9 Å². The molecule has 1 N–H and O–H groups in total. The second kappa shape index (κ2) is 6.49. The fourth-order valence-electron chi connectivity index (χ4n) is 1.25. The maximum Gasteiger partial charge on any atom is 0.0588 e. The lowest BCUT2D eigenvalue weighted by atomic mass is 10.1. The molecule has 0 fully saturated rings. The van der Waals surface area contributed by atoms with E-state index in [0.29, 0.717) is 0 Å². The third kappa shape index (κ3) is 4.49. The van der Waals surface area contributed by atoms with Crippen molar-refractivity contribution in [1.29, 1.82) is 0 Å². The maximum absolute atomic E-state index is 9.68. The second-order valence-electron chi connectivity index (χ2n) is 3.27. The van der Waals surface area contributed by atoms with Crippen molar-refractivity contribution >= 4 is 27.7 Å². The van der Waals surface area contributed by atoms with Crippen LogP contribution in [0.2, 0.25) is 0 Å². The zero-order chi connectivity index (χ0) is 10.4. The number of hydrogen-bond acceptors (Lipinski definition) is 2. The van der Waals surface area contributed by atoms with Gasteiger partial charge in [-0.1, -0.05) is 28.1 Å². The highest BCUT2D eigenvalue weighted by Gasteiger charge is 2.04. The van der Waals surface area contributed by atoms with E-state index < -0.39 is 0 Å². The molecule has 1 nitrogen and oxygen atoms in total. The van der Waals surface area contributed by atoms with Crippen LogP contribution >= 0.6 is 27.7 Å². The van der Waals surface area contributed by atoms with Gasteiger partial charge >= 0.3 is 0 Å². The third-order valence-corrected chi connectivity index (χ3v) is 3.21. The first-order valence-electron chi connectivity index (χ1n) is 4.64. The average molecular weight is 275 g/mol. The Balaban J connectivity index is 2.39. The number of benzene rings is 1. The van der Waals surface area contributed by atoms with Crippen LogP contribution in [0, 0.1) is 0 Å². The number of hydrogen-bond donors (Lipinski definition) is 1. The molecule has 0 spiro atoms. The summed E-state index contributed by atoms with van der Waals surface area (Å²) in [6.45, 7) is 0. The Morgan fingerprint density at radius 2 is 2.00 bits per heavy atom. The van der Waals surface area contributed by atoms with Gasteiger partial charge in [0, 0.05) is 4.47 Å². The van der Waals surface area contributed by atoms with Crippen LogP contribution in [0.4, 0.5) is 0 Å². The van der Waals surface area contributed by atoms with Crippen LogP contribution in [0.15, 0.2) is 28.7 Å². The van der Waals surface area contributed by atoms with Crippen molar-refractivity contribution in [3.05, 3.63) is 34.3 Å². The van der Waals surface area contributed by atoms with Crippen LogP contribution in [0.3, 0.4) is 0 Å². The van der Waals surface area contributed by atoms with E-state index in [4.69, 9.17) is 0 Å². The van der Waals surface area contributed by atoms with Crippen molar-refractivity contribution in [1.82, 2.24) is 0 Å². The summed E-state index contributed by atoms with van der Waals surface area (Å²) in [7, 11) is 0. The van der Waals surface area contributed by atoms with Gasteiger partial charge in [-0.15, -0.1) is 0 Å². The van der Waals surface area contributed by atoms with Gasteiger partial charge < -0.3 is 5.11 Å². The normalized spacial score (nSPS) is 12.8. The van der Waals surface area contributed by atoms with Gasteiger partial charge in [-0.3, -0.25) is 0 Å². The molecule has 1 unspecified atom stereocenters. The molecule has 0 amide bonds. The summed E-state index contributed by atoms with van der Waals surface area (Å²) in [5, 5.41) is 9.68. The van der Waals surface area contributed by atoms with E-state index in [1.165, 1.54) is 5.56 Å². The van der Waals surface area contributed by atoms with Crippen molar-refractivity contribution in [3.63, 3.8) is 0 Å². The monoisotopic (exact) mass is 274 g/mol. The van der Waals surface area contributed by atoms with Crippen molar-refractivity contribution < 1.29 is 5.11 Å². The van der Waals surface area contributed by atoms with Crippen LogP contribution in [0.1, 0.15) is 12.0 Å². The predicted molar refractivity (Wildman–Crippen MR) is 66.9 cm³/mol. The smallest absolute Gasteiger partial charge is 0.0588 e. The topological polar surface area (TPSA) is 20.2 Å². The molecule has 78 valence electrons. The van der Waals surface area contributed by atoms with Crippen LogP contribution in [0.25, 0.3) is 0 Å². The molecule has 0 bridgehead atoms. The van der Waals surface area contributed by atoms with Crippen LogP contribution in [0.5, 0.6) is 0 Å². The fraction of sp³-hybridized carbons (Fsp3) is 0.455. The summed E-state index contributed by atoms with van der Waals surface area (Å²) >= 11 is 5.16. The molecule has 0 radical (unpaired) electrons. The van der Waals surface area contributed by atoms with E-state index in [1.54, 1.807) is 11.8 Å². The second-order valence-corrected chi connectivity index (χ2v) is 5.17. The van der Waals surface area contributed by atoms with Gasteiger partial charge in [0.15, 0.2) is 0 Å². The highest BCUT2D eigenvalue weighted by Crippen LogP contribution is 2.13. The van der Waals surface area contributed by atoms with Crippen molar-refractivity contribution in [2.24, 2.45) is 0 Å². The highest BCUT2D eigenvalue weighted by atomic mass is 79.9. The Morgan fingerprint density at radius 3 is 2.57 bits per heavy atom. The minimum atomic E-state index is -0.205. The zero-order valence-corrected chi connectivity index (χ0v) is 10.6. The molecule has 0 aliphatic rings. The largest absolute Gasteiger partial charge is 0.393 e. The molecule has 1 aromatic rings. The first-order chi connectivity index (χ1) is 6.72. The van der Waals surface area contributed by atoms with Crippen LogP contribution < -0.4 is 0 Å². The first-order valence-corrected chi connectivity index (χ1v) is 6.82. The molecule has 0 aliphatic carbocycles. The Kier molecular flexibility index (Phi) is 5.60. The number of thioether (sulfide) groups is 1. The molecule has 0 aliphatic heterocycles. The quantitative estimate of drug-likeness (QED) is 0.891. The molecule has 0 aromatic heterocycles. The standard InChI is InChI=1S/C11H15BrOS/c1-14-7-6-11(13)8-9-2-4-10(12)5-3-9/h2-5,11,13H,6-8H2,1H3. The van der Waals surface area contributed by atoms with Gasteiger partial charge in [-0.2, -0.15) is 11.8 Å². The van der Waals surface area contributed by atoms with E-state index in [0.717, 1.165) is 23.1 Å². The lowest BCUT2D eigenvalue weighted by molar-refractivity contribution is 0.172. The van der Waals surface area contributed by atoms with E-state index in [-0.39, 0.29) is 6.10 Å². The average Bonchev–Trinajstić information content (AvgIpc) is 2.18. The molecule has 1 atom stereocenters. The first kappa shape index (κ1) is 12.1. The van der Waals surface area contributed by atoms with Gasteiger partial charge in [-0.05, 0) is 42.5 Å². The fourth-order valence-corrected chi connectivity index (χ4v) is 2.02. The lowest BCUT2D eigenvalue weighted by Crippen LogP contribution is -2.11. The van der Waals surface area contributed by atoms with Gasteiger partial charge in [0.05, 0.1) is 6.10 Å². The summed E-state index contributed by atoms with van der Waals surface area (Å²) in [5.41, 5.74) is 1.20. The lowest BCUT2D eigenvalue weighted by Gasteiger charge is -2.09. The van der Waals surface area contributed by atoms with Crippen molar-refractivity contribution in [2.75, 3.05) is 12.0 Å². The Hall–Kier alpha value is 0.01000. The van der Waals surface area contributed by atoms with E-state index >= 15 is 0 Å². The maximum atomic E-state index is 9.68. The zero-order valence-electron chi connectivity index (χ0n) is 8.24. The number of aliphatic hydroxyl groups is 1. The van der Waals surface area contributed by atoms with Gasteiger partial charge in [0.1, 0.15) is 0 Å². The molecule has 14 heavy (non-hydrogen) atoms. The minimum absolute atomic E-state index is 0.205. The molecule has 1 rings (SSSR count). The molecular formula is C11H15BrOS. The molecule has 1 aromatic carbocycles. The van der Waals surface area contributed by atoms with Crippen LogP contribution in [-0.2, 0) is 6.42 Å². The van der Waals surface area contributed by atoms with Gasteiger partial charge in [0.25, 0.3) is 0 Å². The Bertz CT molecular complexity index is 260.